The van der Waals surface area contributed by atoms with Crippen LogP contribution in [0.15, 0.2) is 78.9 Å². The number of hydrogen-bond acceptors (Lipinski definition) is 4. The minimum absolute atomic E-state index is 0.0860. The molecule has 0 aliphatic heterocycles. The van der Waals surface area contributed by atoms with E-state index >= 15 is 0 Å². The first-order valence-corrected chi connectivity index (χ1v) is 9.65. The Hall–Kier alpha value is -4.26. The van der Waals surface area contributed by atoms with Gasteiger partial charge in [-0.2, -0.15) is 26.3 Å². The standard InChI is InChI=1S/C22H16F6N4O3/c23-21(24,25)15-10-4-6-12-17(15)31(14-8-2-1-3-9-14)20(34)35-32(19(33)30-29)18-13-7-5-11-16(18)22(26,27)28/h1-13H,29H2,(H,30,33). The Kier molecular flexibility index (Phi) is 7.20. The van der Waals surface area contributed by atoms with Crippen LogP contribution in [-0.4, -0.2) is 12.1 Å². The molecule has 35 heavy (non-hydrogen) atoms. The van der Waals surface area contributed by atoms with Gasteiger partial charge in [-0.25, -0.2) is 20.3 Å². The maximum Gasteiger partial charge on any atom is 0.443 e. The minimum Gasteiger partial charge on any atom is -0.311 e. The van der Waals surface area contributed by atoms with E-state index in [0.29, 0.717) is 17.0 Å². The van der Waals surface area contributed by atoms with Crippen molar-refractivity contribution in [1.29, 1.82) is 0 Å². The minimum atomic E-state index is -4.97. The van der Waals surface area contributed by atoms with Crippen molar-refractivity contribution in [2.75, 3.05) is 9.96 Å². The molecule has 184 valence electrons. The molecule has 0 aliphatic rings. The van der Waals surface area contributed by atoms with Crippen LogP contribution in [0.25, 0.3) is 0 Å². The average Bonchev–Trinajstić information content (AvgIpc) is 2.82. The summed E-state index contributed by atoms with van der Waals surface area (Å²) in [7, 11) is 0. The molecule has 3 N–H and O–H groups in total. The van der Waals surface area contributed by atoms with E-state index in [1.165, 1.54) is 36.4 Å². The summed E-state index contributed by atoms with van der Waals surface area (Å²) in [4.78, 5) is 30.9. The first kappa shape index (κ1) is 25.4. The number of nitrogens with one attached hydrogen (secondary N) is 1. The quantitative estimate of drug-likeness (QED) is 0.201. The number of benzene rings is 3. The van der Waals surface area contributed by atoms with Gasteiger partial charge >= 0.3 is 24.5 Å². The highest BCUT2D eigenvalue weighted by molar-refractivity contribution is 6.00. The lowest BCUT2D eigenvalue weighted by Gasteiger charge is -2.29. The predicted molar refractivity (Wildman–Crippen MR) is 113 cm³/mol. The van der Waals surface area contributed by atoms with Gasteiger partial charge in [0, 0.05) is 0 Å². The van der Waals surface area contributed by atoms with Crippen LogP contribution in [0.2, 0.25) is 0 Å². The van der Waals surface area contributed by atoms with Crippen molar-refractivity contribution in [2.45, 2.75) is 12.4 Å². The Morgan fingerprint density at radius 1 is 0.714 bits per heavy atom. The van der Waals surface area contributed by atoms with Gasteiger partial charge in [0.05, 0.1) is 28.2 Å². The Morgan fingerprint density at radius 3 is 1.69 bits per heavy atom. The lowest BCUT2D eigenvalue weighted by atomic mass is 10.1. The third kappa shape index (κ3) is 5.63. The van der Waals surface area contributed by atoms with Crippen LogP contribution in [0.1, 0.15) is 11.1 Å². The molecule has 0 aliphatic carbocycles. The van der Waals surface area contributed by atoms with Gasteiger partial charge in [-0.15, -0.1) is 5.06 Å². The number of hydrogen-bond donors (Lipinski definition) is 2. The fraction of sp³-hybridized carbons (Fsp3) is 0.0909. The third-order valence-electron chi connectivity index (χ3n) is 4.55. The van der Waals surface area contributed by atoms with Crippen molar-refractivity contribution in [3.05, 3.63) is 90.0 Å². The molecule has 3 aromatic rings. The number of carbonyl (C=O) groups is 2. The number of nitrogens with two attached hydrogens (primary N) is 1. The van der Waals surface area contributed by atoms with Crippen LogP contribution >= 0.6 is 0 Å². The third-order valence-corrected chi connectivity index (χ3v) is 4.55. The van der Waals surface area contributed by atoms with E-state index in [9.17, 15) is 35.9 Å². The van der Waals surface area contributed by atoms with E-state index in [4.69, 9.17) is 10.7 Å². The zero-order chi connectivity index (χ0) is 25.8. The number of hydrazine groups is 1. The Morgan fingerprint density at radius 2 is 1.17 bits per heavy atom. The van der Waals surface area contributed by atoms with Gasteiger partial charge in [0.1, 0.15) is 0 Å². The molecule has 0 saturated carbocycles. The van der Waals surface area contributed by atoms with Crippen molar-refractivity contribution in [2.24, 2.45) is 5.84 Å². The average molecular weight is 498 g/mol. The smallest absolute Gasteiger partial charge is 0.311 e. The number of rotatable bonds is 3. The Labute approximate surface area is 194 Å². The number of para-hydroxylation sites is 3. The molecule has 0 atom stereocenters. The van der Waals surface area contributed by atoms with Gasteiger partial charge in [-0.1, -0.05) is 42.5 Å². The van der Waals surface area contributed by atoms with Gasteiger partial charge in [0.25, 0.3) is 0 Å². The molecule has 0 radical (unpaired) electrons. The zero-order valence-electron chi connectivity index (χ0n) is 17.5. The van der Waals surface area contributed by atoms with E-state index in [0.717, 1.165) is 30.3 Å². The summed E-state index contributed by atoms with van der Waals surface area (Å²) < 4.78 is 81.6. The summed E-state index contributed by atoms with van der Waals surface area (Å²) in [5.41, 5.74) is -2.78. The highest BCUT2D eigenvalue weighted by atomic mass is 19.4. The Balaban J connectivity index is 2.14. The normalized spacial score (nSPS) is 11.5. The Bertz CT molecular complexity index is 1200. The van der Waals surface area contributed by atoms with E-state index < -0.39 is 47.0 Å². The van der Waals surface area contributed by atoms with E-state index in [2.05, 4.69) is 0 Å². The van der Waals surface area contributed by atoms with Gasteiger partial charge in [-0.05, 0) is 36.4 Å². The second-order valence-electron chi connectivity index (χ2n) is 6.80. The predicted octanol–water partition coefficient (Wildman–Crippen LogP) is 6.00. The number of nitrogens with zero attached hydrogens (tertiary/aromatic N) is 2. The molecule has 3 aromatic carbocycles. The number of urea groups is 1. The van der Waals surface area contributed by atoms with Gasteiger partial charge in [0.15, 0.2) is 0 Å². The summed E-state index contributed by atoms with van der Waals surface area (Å²) in [5.74, 6) is 5.05. The van der Waals surface area contributed by atoms with Crippen molar-refractivity contribution < 1.29 is 40.8 Å². The second-order valence-corrected chi connectivity index (χ2v) is 6.80. The lowest BCUT2D eigenvalue weighted by Crippen LogP contribution is -2.47. The molecule has 3 amide bonds. The van der Waals surface area contributed by atoms with Crippen molar-refractivity contribution >= 4 is 29.2 Å². The lowest BCUT2D eigenvalue weighted by molar-refractivity contribution is -0.138. The summed E-state index contributed by atoms with van der Waals surface area (Å²) in [6, 6.07) is 13.0. The van der Waals surface area contributed by atoms with Crippen molar-refractivity contribution in [3.8, 4) is 0 Å². The molecular formula is C22H16F6N4O3. The molecule has 0 saturated heterocycles. The summed E-state index contributed by atoms with van der Waals surface area (Å²) >= 11 is 0. The van der Waals surface area contributed by atoms with E-state index in [-0.39, 0.29) is 10.8 Å². The topological polar surface area (TPSA) is 87.9 Å². The molecule has 13 heteroatoms. The van der Waals surface area contributed by atoms with Gasteiger partial charge < -0.3 is 4.84 Å². The number of anilines is 3. The maximum atomic E-state index is 13.7. The molecule has 0 aromatic heterocycles. The number of halogens is 6. The first-order chi connectivity index (χ1) is 16.4. The highest BCUT2D eigenvalue weighted by Crippen LogP contribution is 2.40. The molecule has 3 rings (SSSR count). The first-order valence-electron chi connectivity index (χ1n) is 9.65. The van der Waals surface area contributed by atoms with Crippen molar-refractivity contribution in [3.63, 3.8) is 0 Å². The zero-order valence-corrected chi connectivity index (χ0v) is 17.5. The van der Waals surface area contributed by atoms with Crippen molar-refractivity contribution in [1.82, 2.24) is 5.43 Å². The molecule has 0 fully saturated rings. The molecular weight excluding hydrogens is 482 g/mol. The SMILES string of the molecule is NNC(=O)N(OC(=O)N(c1ccccc1)c1ccccc1C(F)(F)F)c1ccccc1C(F)(F)F. The van der Waals surface area contributed by atoms with E-state index in [1.807, 2.05) is 0 Å². The van der Waals surface area contributed by atoms with Crippen LogP contribution in [-0.2, 0) is 17.2 Å². The second kappa shape index (κ2) is 9.93. The van der Waals surface area contributed by atoms with E-state index in [1.54, 1.807) is 5.43 Å². The summed E-state index contributed by atoms with van der Waals surface area (Å²) in [6.07, 6.45) is -11.5. The van der Waals surface area contributed by atoms with Gasteiger partial charge in [-0.3, -0.25) is 5.43 Å². The van der Waals surface area contributed by atoms with Crippen LogP contribution in [0, 0.1) is 0 Å². The van der Waals surface area contributed by atoms with Crippen LogP contribution < -0.4 is 21.2 Å². The maximum absolute atomic E-state index is 13.7. The largest absolute Gasteiger partial charge is 0.443 e. The molecule has 0 spiro atoms. The van der Waals surface area contributed by atoms with Crippen LogP contribution in [0.4, 0.5) is 53.0 Å². The number of amides is 3. The molecule has 0 heterocycles. The summed E-state index contributed by atoms with van der Waals surface area (Å²) in [6.45, 7) is 0. The molecule has 0 unspecified atom stereocenters. The monoisotopic (exact) mass is 498 g/mol. The fourth-order valence-corrected chi connectivity index (χ4v) is 3.10. The van der Waals surface area contributed by atoms with Crippen LogP contribution in [0.3, 0.4) is 0 Å². The molecule has 7 nitrogen and oxygen atoms in total. The molecule has 0 bridgehead atoms. The number of carbonyl (C=O) groups excluding carboxylic acids is 2. The number of alkyl halides is 6. The van der Waals surface area contributed by atoms with Gasteiger partial charge in [0.2, 0.25) is 0 Å². The fourth-order valence-electron chi connectivity index (χ4n) is 3.10. The summed E-state index contributed by atoms with van der Waals surface area (Å²) in [5, 5.41) is -0.0860. The van der Waals surface area contributed by atoms with Crippen LogP contribution in [0.5, 0.6) is 0 Å². The highest BCUT2D eigenvalue weighted by Gasteiger charge is 2.40. The number of hydroxylamine groups is 1.